The van der Waals surface area contributed by atoms with Crippen molar-refractivity contribution in [2.24, 2.45) is 0 Å². The number of hydrogen-bond donors (Lipinski definition) is 2. The summed E-state index contributed by atoms with van der Waals surface area (Å²) in [5.41, 5.74) is -0.0892. The van der Waals surface area contributed by atoms with Crippen LogP contribution < -0.4 is 10.5 Å². The number of aromatic amines is 1. The molecule has 0 aliphatic carbocycles. The van der Waals surface area contributed by atoms with E-state index in [4.69, 9.17) is 11.6 Å². The van der Waals surface area contributed by atoms with Gasteiger partial charge in [0.25, 0.3) is 5.56 Å². The molecule has 5 aromatic rings. The Morgan fingerprint density at radius 2 is 1.88 bits per heavy atom. The van der Waals surface area contributed by atoms with Crippen molar-refractivity contribution >= 4 is 23.5 Å². The molecule has 0 saturated carbocycles. The minimum absolute atomic E-state index is 0.0205. The van der Waals surface area contributed by atoms with Gasteiger partial charge < -0.3 is 10.1 Å². The highest BCUT2D eigenvalue weighted by Gasteiger charge is 2.33. The smallest absolute Gasteiger partial charge is 0.413 e. The van der Waals surface area contributed by atoms with E-state index in [9.17, 15) is 14.7 Å². The van der Waals surface area contributed by atoms with Gasteiger partial charge in [-0.15, -0.1) is 5.10 Å². The SMILES string of the molecule is CC(C)(C)N(C(=O)O)c1ccc(-c2nc(F)c([C@@H]3CCc4nc(-c5cc(Cl)ccc5-n5cnnn5)cc(=O)n43)[nH]2)c(F)n1. The molecule has 2 N–H and O–H groups in total. The molecule has 0 spiro atoms. The Morgan fingerprint density at radius 1 is 1.09 bits per heavy atom. The van der Waals surface area contributed by atoms with Crippen LogP contribution in [0.1, 0.15) is 44.8 Å². The summed E-state index contributed by atoms with van der Waals surface area (Å²) in [6, 6.07) is 8.15. The van der Waals surface area contributed by atoms with Crippen LogP contribution in [0.5, 0.6) is 0 Å². The Balaban J connectivity index is 1.35. The number of aryl methyl sites for hydroxylation is 1. The maximum Gasteiger partial charge on any atom is 0.413 e. The molecule has 16 heteroatoms. The van der Waals surface area contributed by atoms with Gasteiger partial charge in [-0.1, -0.05) is 11.6 Å². The molecular weight excluding hydrogens is 586 g/mol. The van der Waals surface area contributed by atoms with Crippen LogP contribution in [-0.4, -0.2) is 61.4 Å². The monoisotopic (exact) mass is 608 g/mol. The van der Waals surface area contributed by atoms with E-state index < -0.39 is 35.1 Å². The zero-order chi connectivity index (χ0) is 30.6. The lowest BCUT2D eigenvalue weighted by Crippen LogP contribution is -2.45. The predicted octanol–water partition coefficient (Wildman–Crippen LogP) is 4.42. The lowest BCUT2D eigenvalue weighted by Gasteiger charge is -2.32. The standard InChI is InChI=1S/C27H23ClF2N10O3/c1-27(2,3)40(26(42)43)20-8-5-14(23(29)33-20)25-34-22(24(30)35-25)18-7-9-19-32-16(11-21(41)39(18)19)15-10-13(28)4-6-17(15)38-12-31-36-37-38/h4-6,8,10-12,18H,7,9H2,1-3H3,(H,34,35)(H,42,43)/t18-/m0/s1. The number of carboxylic acid groups (broad SMARTS) is 1. The average Bonchev–Trinajstić information content (AvgIpc) is 3.68. The van der Waals surface area contributed by atoms with Crippen molar-refractivity contribution in [2.45, 2.75) is 45.2 Å². The van der Waals surface area contributed by atoms with Gasteiger partial charge in [0.05, 0.1) is 28.7 Å². The van der Waals surface area contributed by atoms with Crippen molar-refractivity contribution in [3.63, 3.8) is 0 Å². The number of aromatic nitrogens is 9. The number of imidazole rings is 1. The summed E-state index contributed by atoms with van der Waals surface area (Å²) in [7, 11) is 0. The first-order chi connectivity index (χ1) is 20.4. The number of carbonyl (C=O) groups is 1. The molecule has 0 unspecified atom stereocenters. The molecule has 4 aromatic heterocycles. The molecule has 1 atom stereocenters. The molecule has 1 aliphatic heterocycles. The Hall–Kier alpha value is -5.05. The van der Waals surface area contributed by atoms with Crippen molar-refractivity contribution < 1.29 is 18.7 Å². The van der Waals surface area contributed by atoms with E-state index in [0.29, 0.717) is 40.6 Å². The van der Waals surface area contributed by atoms with Gasteiger partial charge in [0.15, 0.2) is 0 Å². The van der Waals surface area contributed by atoms with Crippen LogP contribution in [0.15, 0.2) is 47.5 Å². The molecule has 43 heavy (non-hydrogen) atoms. The van der Waals surface area contributed by atoms with Gasteiger partial charge in [0.2, 0.25) is 11.9 Å². The van der Waals surface area contributed by atoms with E-state index >= 15 is 8.78 Å². The normalized spacial score (nSPS) is 14.6. The number of halogens is 3. The molecule has 220 valence electrons. The molecule has 6 rings (SSSR count). The van der Waals surface area contributed by atoms with Gasteiger partial charge >= 0.3 is 6.09 Å². The van der Waals surface area contributed by atoms with Crippen molar-refractivity contribution in [3.05, 3.63) is 81.5 Å². The third-order valence-electron chi connectivity index (χ3n) is 7.01. The van der Waals surface area contributed by atoms with Gasteiger partial charge in [-0.25, -0.2) is 14.8 Å². The highest BCUT2D eigenvalue weighted by Crippen LogP contribution is 2.34. The van der Waals surface area contributed by atoms with Gasteiger partial charge in [0, 0.05) is 28.6 Å². The molecule has 0 radical (unpaired) electrons. The molecule has 0 fully saturated rings. The summed E-state index contributed by atoms with van der Waals surface area (Å²) in [4.78, 5) is 41.3. The second kappa shape index (κ2) is 10.3. The molecule has 0 saturated heterocycles. The molecule has 1 aliphatic rings. The fourth-order valence-electron chi connectivity index (χ4n) is 5.21. The number of nitrogens with one attached hydrogen (secondary N) is 1. The second-order valence-electron chi connectivity index (χ2n) is 10.8. The molecule has 1 amide bonds. The minimum Gasteiger partial charge on any atom is -0.465 e. The summed E-state index contributed by atoms with van der Waals surface area (Å²) in [5, 5.41) is 21.2. The maximum absolute atomic E-state index is 15.2. The second-order valence-corrected chi connectivity index (χ2v) is 11.3. The summed E-state index contributed by atoms with van der Waals surface area (Å²) < 4.78 is 33.2. The van der Waals surface area contributed by atoms with Crippen LogP contribution >= 0.6 is 11.6 Å². The highest BCUT2D eigenvalue weighted by atomic mass is 35.5. The van der Waals surface area contributed by atoms with E-state index in [-0.39, 0.29) is 22.9 Å². The van der Waals surface area contributed by atoms with Crippen LogP contribution in [0.2, 0.25) is 5.02 Å². The first-order valence-corrected chi connectivity index (χ1v) is 13.4. The number of benzene rings is 1. The quantitative estimate of drug-likeness (QED) is 0.275. The first-order valence-electron chi connectivity index (χ1n) is 13.0. The number of rotatable bonds is 5. The number of anilines is 1. The van der Waals surface area contributed by atoms with Crippen LogP contribution in [0.4, 0.5) is 19.4 Å². The lowest BCUT2D eigenvalue weighted by atomic mass is 10.1. The number of fused-ring (bicyclic) bond motifs is 1. The zero-order valence-corrected chi connectivity index (χ0v) is 23.7. The van der Waals surface area contributed by atoms with E-state index in [1.165, 1.54) is 33.8 Å². The van der Waals surface area contributed by atoms with Crippen LogP contribution in [0, 0.1) is 11.9 Å². The molecular formula is C27H23ClF2N10O3. The fraction of sp³-hybridized carbons (Fsp3) is 0.259. The van der Waals surface area contributed by atoms with Crippen LogP contribution in [-0.2, 0) is 6.42 Å². The maximum atomic E-state index is 15.2. The lowest BCUT2D eigenvalue weighted by molar-refractivity contribution is 0.195. The van der Waals surface area contributed by atoms with E-state index in [0.717, 1.165) is 4.90 Å². The Kier molecular flexibility index (Phi) is 6.76. The molecule has 0 bridgehead atoms. The third-order valence-corrected chi connectivity index (χ3v) is 7.24. The Bertz CT molecular complexity index is 1930. The summed E-state index contributed by atoms with van der Waals surface area (Å²) in [6.45, 7) is 4.93. The average molecular weight is 609 g/mol. The molecule has 1 aromatic carbocycles. The minimum atomic E-state index is -1.30. The number of pyridine rings is 1. The van der Waals surface area contributed by atoms with Gasteiger partial charge in [-0.2, -0.15) is 18.4 Å². The van der Waals surface area contributed by atoms with Gasteiger partial charge in [-0.3, -0.25) is 14.3 Å². The van der Waals surface area contributed by atoms with Gasteiger partial charge in [0.1, 0.15) is 23.8 Å². The Labute approximate surface area is 246 Å². The first kappa shape index (κ1) is 28.1. The Morgan fingerprint density at radius 3 is 2.56 bits per heavy atom. The van der Waals surface area contributed by atoms with Crippen molar-refractivity contribution in [1.82, 2.24) is 44.7 Å². The number of amides is 1. The van der Waals surface area contributed by atoms with Crippen LogP contribution in [0.3, 0.4) is 0 Å². The number of tetrazole rings is 1. The highest BCUT2D eigenvalue weighted by molar-refractivity contribution is 6.31. The van der Waals surface area contributed by atoms with E-state index in [2.05, 4.69) is 35.5 Å². The number of H-pyrrole nitrogens is 1. The fourth-order valence-corrected chi connectivity index (χ4v) is 5.38. The topological polar surface area (TPSA) is 161 Å². The number of hydrogen-bond acceptors (Lipinski definition) is 8. The summed E-state index contributed by atoms with van der Waals surface area (Å²) in [5.74, 6) is -1.82. The van der Waals surface area contributed by atoms with E-state index in [1.54, 1.807) is 39.0 Å². The largest absolute Gasteiger partial charge is 0.465 e. The van der Waals surface area contributed by atoms with Crippen LogP contribution in [0.25, 0.3) is 28.3 Å². The van der Waals surface area contributed by atoms with Crippen molar-refractivity contribution in [2.75, 3.05) is 4.90 Å². The predicted molar refractivity (Wildman–Crippen MR) is 150 cm³/mol. The summed E-state index contributed by atoms with van der Waals surface area (Å²) in [6.07, 6.45) is 0.784. The molecule has 5 heterocycles. The van der Waals surface area contributed by atoms with Crippen molar-refractivity contribution in [1.29, 1.82) is 0 Å². The number of nitrogens with zero attached hydrogens (tertiary/aromatic N) is 9. The van der Waals surface area contributed by atoms with Crippen molar-refractivity contribution in [3.8, 4) is 28.3 Å². The zero-order valence-electron chi connectivity index (χ0n) is 23.0. The van der Waals surface area contributed by atoms with Gasteiger partial charge in [-0.05, 0) is 68.0 Å². The molecule has 13 nitrogen and oxygen atoms in total. The van der Waals surface area contributed by atoms with E-state index in [1.807, 2.05) is 0 Å². The summed E-state index contributed by atoms with van der Waals surface area (Å²) >= 11 is 6.24. The third kappa shape index (κ3) is 5.01.